The van der Waals surface area contributed by atoms with Crippen LogP contribution in [0.25, 0.3) is 0 Å². The molecular formula is C20H34BN3O8. The van der Waals surface area contributed by atoms with Crippen LogP contribution < -0.4 is 16.8 Å². The Bertz CT molecular complexity index is 719. The second kappa shape index (κ2) is 11.1. The first-order valence-corrected chi connectivity index (χ1v) is 11.0. The highest BCUT2D eigenvalue weighted by Gasteiger charge is 2.47. The lowest BCUT2D eigenvalue weighted by molar-refractivity contribution is -0.148. The molecule has 1 heterocycles. The summed E-state index contributed by atoms with van der Waals surface area (Å²) in [4.78, 5) is 46.8. The maximum Gasteiger partial charge on any atom is 0.527 e. The van der Waals surface area contributed by atoms with Crippen LogP contribution in [0.5, 0.6) is 0 Å². The average Bonchev–Trinajstić information content (AvgIpc) is 2.69. The number of carbonyl (C=O) groups is 4. The van der Waals surface area contributed by atoms with Gasteiger partial charge >= 0.3 is 19.1 Å². The van der Waals surface area contributed by atoms with Gasteiger partial charge in [0.15, 0.2) is 0 Å². The molecule has 2 fully saturated rings. The van der Waals surface area contributed by atoms with Gasteiger partial charge in [0, 0.05) is 12.5 Å². The summed E-state index contributed by atoms with van der Waals surface area (Å²) in [5, 5.41) is 21.4. The standard InChI is InChI=1S/C20H34BN3O8/c1-11(2)17(22)18(28)24-10-13-4-3-12(9-20(13,23)19(29)30)5-6-21-31-14(7-15(25)26)8-16(27)32-21/h11-14,17H,3-10,22-23H2,1-2H3,(H,24,28)(H,25,26)(H,29,30)/t12-,13-,14?,17-,20+/m0/s1. The summed E-state index contributed by atoms with van der Waals surface area (Å²) in [6, 6.07) is -0.675. The molecule has 7 N–H and O–H groups in total. The minimum absolute atomic E-state index is 0.0388. The number of aliphatic carboxylic acids is 2. The van der Waals surface area contributed by atoms with E-state index in [0.29, 0.717) is 25.6 Å². The van der Waals surface area contributed by atoms with Crippen molar-refractivity contribution in [2.45, 2.75) is 76.4 Å². The molecule has 2 aliphatic rings. The van der Waals surface area contributed by atoms with Crippen molar-refractivity contribution >= 4 is 30.9 Å². The van der Waals surface area contributed by atoms with Gasteiger partial charge in [-0.1, -0.05) is 20.3 Å². The van der Waals surface area contributed by atoms with E-state index in [2.05, 4.69) is 5.32 Å². The van der Waals surface area contributed by atoms with E-state index < -0.39 is 48.6 Å². The van der Waals surface area contributed by atoms with Crippen LogP contribution in [0.2, 0.25) is 6.32 Å². The molecule has 5 atom stereocenters. The van der Waals surface area contributed by atoms with Gasteiger partial charge in [-0.05, 0) is 37.4 Å². The molecule has 0 radical (unpaired) electrons. The van der Waals surface area contributed by atoms with Gasteiger partial charge in [0.2, 0.25) is 5.91 Å². The monoisotopic (exact) mass is 455 g/mol. The Hall–Kier alpha value is -2.18. The van der Waals surface area contributed by atoms with Gasteiger partial charge in [-0.2, -0.15) is 0 Å². The van der Waals surface area contributed by atoms with Gasteiger partial charge in [-0.3, -0.25) is 19.2 Å². The van der Waals surface area contributed by atoms with Gasteiger partial charge < -0.3 is 36.3 Å². The molecule has 1 aliphatic carbocycles. The van der Waals surface area contributed by atoms with Gasteiger partial charge in [0.1, 0.15) is 5.54 Å². The molecule has 1 saturated heterocycles. The summed E-state index contributed by atoms with van der Waals surface area (Å²) in [5.74, 6) is -3.55. The zero-order valence-electron chi connectivity index (χ0n) is 18.6. The van der Waals surface area contributed by atoms with Gasteiger partial charge in [0.25, 0.3) is 5.97 Å². The number of hydrogen-bond acceptors (Lipinski definition) is 8. The molecule has 32 heavy (non-hydrogen) atoms. The minimum Gasteiger partial charge on any atom is -0.509 e. The number of carboxylic acids is 2. The van der Waals surface area contributed by atoms with E-state index in [4.69, 9.17) is 25.9 Å². The smallest absolute Gasteiger partial charge is 0.509 e. The van der Waals surface area contributed by atoms with Crippen molar-refractivity contribution in [2.75, 3.05) is 6.54 Å². The summed E-state index contributed by atoms with van der Waals surface area (Å²) in [7, 11) is -0.855. The van der Waals surface area contributed by atoms with Crippen LogP contribution >= 0.6 is 0 Å². The second-order valence-corrected chi connectivity index (χ2v) is 9.26. The molecule has 0 spiro atoms. The van der Waals surface area contributed by atoms with Crippen LogP contribution in [-0.2, 0) is 28.5 Å². The molecule has 1 unspecified atom stereocenters. The lowest BCUT2D eigenvalue weighted by atomic mass is 9.66. The quantitative estimate of drug-likeness (QED) is 0.280. The first-order chi connectivity index (χ1) is 14.9. The molecule has 11 nitrogen and oxygen atoms in total. The van der Waals surface area contributed by atoms with Crippen molar-refractivity contribution in [3.8, 4) is 0 Å². The molecule has 0 aromatic rings. The van der Waals surface area contributed by atoms with Crippen LogP contribution in [0.4, 0.5) is 0 Å². The van der Waals surface area contributed by atoms with E-state index in [-0.39, 0.29) is 43.6 Å². The maximum absolute atomic E-state index is 12.2. The highest BCUT2D eigenvalue weighted by Crippen LogP contribution is 2.38. The molecule has 0 aromatic heterocycles. The second-order valence-electron chi connectivity index (χ2n) is 9.26. The van der Waals surface area contributed by atoms with E-state index >= 15 is 0 Å². The van der Waals surface area contributed by atoms with Gasteiger partial charge in [0.05, 0.1) is 25.0 Å². The Morgan fingerprint density at radius 3 is 2.56 bits per heavy atom. The molecule has 0 aromatic carbocycles. The lowest BCUT2D eigenvalue weighted by Crippen LogP contribution is -2.60. The largest absolute Gasteiger partial charge is 0.527 e. The number of carboxylic acid groups (broad SMARTS) is 2. The van der Waals surface area contributed by atoms with E-state index in [1.165, 1.54) is 0 Å². The van der Waals surface area contributed by atoms with E-state index in [1.807, 2.05) is 13.8 Å². The fourth-order valence-corrected chi connectivity index (χ4v) is 4.36. The molecular weight excluding hydrogens is 421 g/mol. The van der Waals surface area contributed by atoms with Gasteiger partial charge in [-0.15, -0.1) is 0 Å². The third-order valence-corrected chi connectivity index (χ3v) is 6.43. The number of nitrogens with one attached hydrogen (secondary N) is 1. The number of amides is 1. The van der Waals surface area contributed by atoms with Crippen molar-refractivity contribution in [1.29, 1.82) is 0 Å². The number of carbonyl (C=O) groups excluding carboxylic acids is 2. The van der Waals surface area contributed by atoms with Crippen LogP contribution in [0, 0.1) is 17.8 Å². The summed E-state index contributed by atoms with van der Waals surface area (Å²) in [6.07, 6.45) is 1.13. The van der Waals surface area contributed by atoms with Gasteiger partial charge in [-0.25, -0.2) is 0 Å². The Morgan fingerprint density at radius 2 is 1.97 bits per heavy atom. The first kappa shape index (κ1) is 26.1. The SMILES string of the molecule is CC(C)[C@H](N)C(=O)NC[C@@H]1CC[C@@H](CCB2OC(=O)CC(CC(=O)O)O2)C[C@]1(N)C(=O)O. The number of hydrogen-bond donors (Lipinski definition) is 5. The fraction of sp³-hybridized carbons (Fsp3) is 0.800. The molecule has 1 saturated carbocycles. The first-order valence-electron chi connectivity index (χ1n) is 11.0. The lowest BCUT2D eigenvalue weighted by Gasteiger charge is -2.42. The highest BCUT2D eigenvalue weighted by molar-refractivity contribution is 6.47. The maximum atomic E-state index is 12.2. The number of rotatable bonds is 10. The topological polar surface area (TPSA) is 191 Å². The third kappa shape index (κ3) is 6.91. The molecule has 180 valence electrons. The van der Waals surface area contributed by atoms with E-state index in [9.17, 15) is 24.3 Å². The molecule has 0 bridgehead atoms. The minimum atomic E-state index is -1.51. The summed E-state index contributed by atoms with van der Waals surface area (Å²) >= 11 is 0. The van der Waals surface area contributed by atoms with E-state index in [0.717, 1.165) is 0 Å². The normalized spacial score (nSPS) is 29.3. The van der Waals surface area contributed by atoms with Crippen molar-refractivity contribution in [3.05, 3.63) is 0 Å². The van der Waals surface area contributed by atoms with Crippen molar-refractivity contribution < 1.29 is 38.7 Å². The van der Waals surface area contributed by atoms with Crippen molar-refractivity contribution in [3.63, 3.8) is 0 Å². The summed E-state index contributed by atoms with van der Waals surface area (Å²) in [6.45, 7) is 3.79. The zero-order chi connectivity index (χ0) is 24.1. The number of nitrogens with two attached hydrogens (primary N) is 2. The Morgan fingerprint density at radius 1 is 1.28 bits per heavy atom. The molecule has 12 heteroatoms. The molecule has 1 amide bonds. The molecule has 2 rings (SSSR count). The van der Waals surface area contributed by atoms with Crippen LogP contribution in [0.15, 0.2) is 0 Å². The van der Waals surface area contributed by atoms with Crippen LogP contribution in [0.1, 0.15) is 52.4 Å². The predicted molar refractivity (Wildman–Crippen MR) is 114 cm³/mol. The Labute approximate surface area is 187 Å². The zero-order valence-corrected chi connectivity index (χ0v) is 18.6. The summed E-state index contributed by atoms with van der Waals surface area (Å²) in [5.41, 5.74) is 10.6. The summed E-state index contributed by atoms with van der Waals surface area (Å²) < 4.78 is 10.7. The van der Waals surface area contributed by atoms with Crippen molar-refractivity contribution in [1.82, 2.24) is 5.32 Å². The average molecular weight is 455 g/mol. The van der Waals surface area contributed by atoms with Crippen LogP contribution in [0.3, 0.4) is 0 Å². The predicted octanol–water partition coefficient (Wildman–Crippen LogP) is -0.0306. The Balaban J connectivity index is 1.91. The van der Waals surface area contributed by atoms with Crippen LogP contribution in [-0.4, -0.2) is 65.4 Å². The van der Waals surface area contributed by atoms with Crippen molar-refractivity contribution in [2.24, 2.45) is 29.2 Å². The fourth-order valence-electron chi connectivity index (χ4n) is 4.36. The van der Waals surface area contributed by atoms with E-state index in [1.54, 1.807) is 0 Å². The highest BCUT2D eigenvalue weighted by atomic mass is 16.6. The Kier molecular flexibility index (Phi) is 9.05. The third-order valence-electron chi connectivity index (χ3n) is 6.43. The molecule has 1 aliphatic heterocycles.